The maximum Gasteiger partial charge on any atom is 0.256 e. The van der Waals surface area contributed by atoms with Crippen molar-refractivity contribution < 1.29 is 19.0 Å². The lowest BCUT2D eigenvalue weighted by molar-refractivity contribution is 0.0911. The van der Waals surface area contributed by atoms with Gasteiger partial charge in [-0.2, -0.15) is 0 Å². The summed E-state index contributed by atoms with van der Waals surface area (Å²) in [5.41, 5.74) is 0.293. The van der Waals surface area contributed by atoms with E-state index in [2.05, 4.69) is 5.32 Å². The zero-order chi connectivity index (χ0) is 16.1. The Hall–Kier alpha value is -2.11. The number of aliphatic hydroxyl groups is 1. The second-order valence-corrected chi connectivity index (χ2v) is 4.97. The van der Waals surface area contributed by atoms with E-state index in [9.17, 15) is 14.3 Å². The second kappa shape index (κ2) is 7.24. The van der Waals surface area contributed by atoms with Crippen molar-refractivity contribution in [2.24, 2.45) is 0 Å². The van der Waals surface area contributed by atoms with Crippen molar-refractivity contribution in [3.63, 3.8) is 0 Å². The molecule has 0 bridgehead atoms. The summed E-state index contributed by atoms with van der Waals surface area (Å²) in [6.07, 6.45) is -1.15. The van der Waals surface area contributed by atoms with Crippen molar-refractivity contribution in [1.29, 1.82) is 0 Å². The summed E-state index contributed by atoms with van der Waals surface area (Å²) in [5.74, 6) is -0.706. The third-order valence-electron chi connectivity index (χ3n) is 3.14. The molecule has 0 heterocycles. The van der Waals surface area contributed by atoms with Crippen LogP contribution in [0.3, 0.4) is 0 Å². The van der Waals surface area contributed by atoms with Crippen LogP contribution in [0.5, 0.6) is 5.75 Å². The maximum atomic E-state index is 13.6. The van der Waals surface area contributed by atoms with Crippen LogP contribution < -0.4 is 10.1 Å². The molecule has 2 aromatic rings. The van der Waals surface area contributed by atoms with Crippen molar-refractivity contribution in [2.45, 2.75) is 6.10 Å². The summed E-state index contributed by atoms with van der Waals surface area (Å²) < 4.78 is 18.6. The zero-order valence-corrected chi connectivity index (χ0v) is 12.6. The van der Waals surface area contributed by atoms with E-state index < -0.39 is 17.8 Å². The number of rotatable bonds is 5. The van der Waals surface area contributed by atoms with Crippen molar-refractivity contribution in [3.8, 4) is 5.75 Å². The minimum Gasteiger partial charge on any atom is -0.496 e. The summed E-state index contributed by atoms with van der Waals surface area (Å²) in [7, 11) is 1.43. The van der Waals surface area contributed by atoms with Crippen LogP contribution in [-0.2, 0) is 0 Å². The van der Waals surface area contributed by atoms with Gasteiger partial charge in [0.05, 0.1) is 23.8 Å². The Labute approximate surface area is 132 Å². The SMILES string of the molecule is COc1cccc(Cl)c1C(=O)NC[C@@H](O)c1ccccc1F. The molecule has 0 aromatic heterocycles. The Morgan fingerprint density at radius 3 is 2.73 bits per heavy atom. The zero-order valence-electron chi connectivity index (χ0n) is 11.8. The van der Waals surface area contributed by atoms with Gasteiger partial charge in [-0.15, -0.1) is 0 Å². The lowest BCUT2D eigenvalue weighted by Crippen LogP contribution is -2.29. The molecule has 0 radical (unpaired) electrons. The van der Waals surface area contributed by atoms with Gasteiger partial charge in [-0.1, -0.05) is 35.9 Å². The Morgan fingerprint density at radius 2 is 2.05 bits per heavy atom. The molecule has 22 heavy (non-hydrogen) atoms. The first-order valence-corrected chi connectivity index (χ1v) is 6.95. The number of amides is 1. The molecule has 2 rings (SSSR count). The van der Waals surface area contributed by atoms with E-state index in [-0.39, 0.29) is 22.7 Å². The molecule has 116 valence electrons. The standard InChI is InChI=1S/C16H15ClFNO3/c1-22-14-8-4-6-11(17)15(14)16(21)19-9-13(20)10-5-2-3-7-12(10)18/h2-8,13,20H,9H2,1H3,(H,19,21)/t13-/m1/s1. The fourth-order valence-electron chi connectivity index (χ4n) is 2.03. The van der Waals surface area contributed by atoms with Gasteiger partial charge in [-0.05, 0) is 18.2 Å². The third kappa shape index (κ3) is 3.55. The van der Waals surface area contributed by atoms with E-state index >= 15 is 0 Å². The molecule has 0 spiro atoms. The van der Waals surface area contributed by atoms with Gasteiger partial charge in [0.25, 0.3) is 5.91 Å². The molecular formula is C16H15ClFNO3. The predicted molar refractivity (Wildman–Crippen MR) is 81.7 cm³/mol. The van der Waals surface area contributed by atoms with Crippen LogP contribution in [0.2, 0.25) is 5.02 Å². The lowest BCUT2D eigenvalue weighted by Gasteiger charge is -2.14. The van der Waals surface area contributed by atoms with Gasteiger partial charge in [0.1, 0.15) is 11.6 Å². The van der Waals surface area contributed by atoms with Crippen LogP contribution in [-0.4, -0.2) is 24.7 Å². The average molecular weight is 324 g/mol. The normalized spacial score (nSPS) is 11.8. The summed E-state index contributed by atoms with van der Waals surface area (Å²) in [6, 6.07) is 10.7. The van der Waals surface area contributed by atoms with Gasteiger partial charge >= 0.3 is 0 Å². The van der Waals surface area contributed by atoms with Crippen LogP contribution in [0.25, 0.3) is 0 Å². The number of methoxy groups -OCH3 is 1. The number of carbonyl (C=O) groups is 1. The molecule has 0 saturated heterocycles. The van der Waals surface area contributed by atoms with Crippen molar-refractivity contribution in [1.82, 2.24) is 5.32 Å². The number of halogens is 2. The lowest BCUT2D eigenvalue weighted by atomic mass is 10.1. The smallest absolute Gasteiger partial charge is 0.256 e. The highest BCUT2D eigenvalue weighted by Gasteiger charge is 2.18. The third-order valence-corrected chi connectivity index (χ3v) is 3.46. The largest absolute Gasteiger partial charge is 0.496 e. The highest BCUT2D eigenvalue weighted by molar-refractivity contribution is 6.34. The van der Waals surface area contributed by atoms with E-state index in [1.54, 1.807) is 24.3 Å². The quantitative estimate of drug-likeness (QED) is 0.889. The summed E-state index contributed by atoms with van der Waals surface area (Å²) >= 11 is 6.00. The minimum absolute atomic E-state index is 0.119. The Kier molecular flexibility index (Phi) is 5.35. The summed E-state index contributed by atoms with van der Waals surface area (Å²) in [5, 5.41) is 12.7. The van der Waals surface area contributed by atoms with E-state index in [4.69, 9.17) is 16.3 Å². The second-order valence-electron chi connectivity index (χ2n) is 4.56. The van der Waals surface area contributed by atoms with Gasteiger partial charge < -0.3 is 15.2 Å². The fraction of sp³-hybridized carbons (Fsp3) is 0.188. The number of hydrogen-bond donors (Lipinski definition) is 2. The van der Waals surface area contributed by atoms with Crippen LogP contribution in [0.4, 0.5) is 4.39 Å². The van der Waals surface area contributed by atoms with Gasteiger partial charge in [-0.25, -0.2) is 4.39 Å². The Bertz CT molecular complexity index is 678. The van der Waals surface area contributed by atoms with Gasteiger partial charge in [-0.3, -0.25) is 4.79 Å². The Balaban J connectivity index is 2.09. The monoisotopic (exact) mass is 323 g/mol. The first kappa shape index (κ1) is 16.3. The molecule has 0 fully saturated rings. The molecule has 0 aliphatic carbocycles. The number of carbonyl (C=O) groups excluding carboxylic acids is 1. The number of aliphatic hydroxyl groups excluding tert-OH is 1. The average Bonchev–Trinajstić information content (AvgIpc) is 2.52. The molecule has 1 atom stereocenters. The molecule has 6 heteroatoms. The Morgan fingerprint density at radius 1 is 1.32 bits per heavy atom. The molecule has 0 unspecified atom stereocenters. The van der Waals surface area contributed by atoms with Crippen molar-refractivity contribution in [3.05, 3.63) is 64.4 Å². The van der Waals surface area contributed by atoms with Gasteiger partial charge in [0.2, 0.25) is 0 Å². The van der Waals surface area contributed by atoms with Crippen LogP contribution in [0.1, 0.15) is 22.0 Å². The molecule has 2 N–H and O–H groups in total. The minimum atomic E-state index is -1.15. The maximum absolute atomic E-state index is 13.6. The fourth-order valence-corrected chi connectivity index (χ4v) is 2.28. The number of ether oxygens (including phenoxy) is 1. The van der Waals surface area contributed by atoms with Gasteiger partial charge in [0.15, 0.2) is 0 Å². The summed E-state index contributed by atoms with van der Waals surface area (Å²) in [6.45, 7) is -0.145. The molecule has 0 aliphatic rings. The molecular weight excluding hydrogens is 309 g/mol. The van der Waals surface area contributed by atoms with Crippen LogP contribution >= 0.6 is 11.6 Å². The van der Waals surface area contributed by atoms with E-state index in [0.29, 0.717) is 5.75 Å². The van der Waals surface area contributed by atoms with E-state index in [1.807, 2.05) is 0 Å². The van der Waals surface area contributed by atoms with Crippen LogP contribution in [0, 0.1) is 5.82 Å². The molecule has 0 saturated carbocycles. The molecule has 0 aliphatic heterocycles. The van der Waals surface area contributed by atoms with Crippen molar-refractivity contribution in [2.75, 3.05) is 13.7 Å². The molecule has 1 amide bonds. The van der Waals surface area contributed by atoms with Crippen molar-refractivity contribution >= 4 is 17.5 Å². The first-order valence-electron chi connectivity index (χ1n) is 6.57. The van der Waals surface area contributed by atoms with E-state index in [0.717, 1.165) is 0 Å². The highest BCUT2D eigenvalue weighted by atomic mass is 35.5. The number of nitrogens with one attached hydrogen (secondary N) is 1. The summed E-state index contributed by atoms with van der Waals surface area (Å²) in [4.78, 5) is 12.2. The molecule has 2 aromatic carbocycles. The number of hydrogen-bond acceptors (Lipinski definition) is 3. The highest BCUT2D eigenvalue weighted by Crippen LogP contribution is 2.26. The number of benzene rings is 2. The molecule has 4 nitrogen and oxygen atoms in total. The predicted octanol–water partition coefficient (Wildman–Crippen LogP) is 2.95. The van der Waals surface area contributed by atoms with E-state index in [1.165, 1.54) is 25.3 Å². The first-order chi connectivity index (χ1) is 10.5. The van der Waals surface area contributed by atoms with Crippen LogP contribution in [0.15, 0.2) is 42.5 Å². The topological polar surface area (TPSA) is 58.6 Å². The van der Waals surface area contributed by atoms with Gasteiger partial charge in [0, 0.05) is 12.1 Å².